The van der Waals surface area contributed by atoms with Gasteiger partial charge in [-0.3, -0.25) is 4.79 Å². The Kier molecular flexibility index (Phi) is 11.2. The monoisotopic (exact) mass is 336 g/mol. The van der Waals surface area contributed by atoms with Gasteiger partial charge in [0.2, 0.25) is 0 Å². The lowest BCUT2D eigenvalue weighted by molar-refractivity contribution is -0.145. The highest BCUT2D eigenvalue weighted by Gasteiger charge is 2.24. The van der Waals surface area contributed by atoms with E-state index in [0.29, 0.717) is 25.0 Å². The maximum Gasteiger partial charge on any atom is 0.313 e. The van der Waals surface area contributed by atoms with Crippen LogP contribution in [0, 0.1) is 18.8 Å². The predicted octanol–water partition coefficient (Wildman–Crippen LogP) is 5.75. The van der Waals surface area contributed by atoms with Gasteiger partial charge in [0.25, 0.3) is 0 Å². The molecular weight excluding hydrogens is 300 g/mol. The van der Waals surface area contributed by atoms with Gasteiger partial charge in [-0.05, 0) is 49.3 Å². The molecule has 24 heavy (non-hydrogen) atoms. The molecular formula is C21H36O3. The molecule has 0 spiro atoms. The zero-order valence-corrected chi connectivity index (χ0v) is 16.8. The van der Waals surface area contributed by atoms with Gasteiger partial charge in [0, 0.05) is 0 Å². The highest BCUT2D eigenvalue weighted by Crippen LogP contribution is 2.30. The second kappa shape index (κ2) is 11.9. The number of esters is 1. The standard InChI is InChI=1S/C19H30O3.C2H6/c1-7-21-19(20)17(10-13(2)3)16-9-8-15(6)18(11-16)22-12-14(4)5;1-2/h8-9,11,13-14,17H,7,10,12H2,1-6H3;1-2H3. The molecule has 0 saturated carbocycles. The Hall–Kier alpha value is -1.51. The average Bonchev–Trinajstić information content (AvgIpc) is 2.54. The minimum absolute atomic E-state index is 0.144. The van der Waals surface area contributed by atoms with E-state index in [0.717, 1.165) is 23.3 Å². The van der Waals surface area contributed by atoms with E-state index in [1.807, 2.05) is 45.9 Å². The normalized spacial score (nSPS) is 11.8. The van der Waals surface area contributed by atoms with Crippen LogP contribution in [0.15, 0.2) is 18.2 Å². The fourth-order valence-corrected chi connectivity index (χ4v) is 2.33. The quantitative estimate of drug-likeness (QED) is 0.567. The van der Waals surface area contributed by atoms with Gasteiger partial charge in [0.15, 0.2) is 0 Å². The van der Waals surface area contributed by atoms with Gasteiger partial charge in [0.1, 0.15) is 5.75 Å². The van der Waals surface area contributed by atoms with Crippen LogP contribution in [0.25, 0.3) is 0 Å². The van der Waals surface area contributed by atoms with E-state index in [-0.39, 0.29) is 11.9 Å². The summed E-state index contributed by atoms with van der Waals surface area (Å²) >= 11 is 0. The second-order valence-corrected chi connectivity index (χ2v) is 6.66. The number of benzene rings is 1. The van der Waals surface area contributed by atoms with Crippen molar-refractivity contribution in [3.05, 3.63) is 29.3 Å². The molecule has 0 aromatic heterocycles. The van der Waals surface area contributed by atoms with Gasteiger partial charge >= 0.3 is 5.97 Å². The summed E-state index contributed by atoms with van der Waals surface area (Å²) in [5.41, 5.74) is 2.08. The molecule has 0 amide bonds. The third kappa shape index (κ3) is 7.85. The third-order valence-corrected chi connectivity index (χ3v) is 3.46. The molecule has 138 valence electrons. The van der Waals surface area contributed by atoms with Crippen molar-refractivity contribution in [3.8, 4) is 5.75 Å². The maximum atomic E-state index is 12.3. The number of carbonyl (C=O) groups excluding carboxylic acids is 1. The van der Waals surface area contributed by atoms with Crippen LogP contribution >= 0.6 is 0 Å². The van der Waals surface area contributed by atoms with Gasteiger partial charge in [-0.1, -0.05) is 53.7 Å². The molecule has 3 nitrogen and oxygen atoms in total. The Bertz CT molecular complexity index is 478. The average molecular weight is 337 g/mol. The van der Waals surface area contributed by atoms with Crippen molar-refractivity contribution in [3.63, 3.8) is 0 Å². The highest BCUT2D eigenvalue weighted by atomic mass is 16.5. The predicted molar refractivity (Wildman–Crippen MR) is 102 cm³/mol. The van der Waals surface area contributed by atoms with Gasteiger partial charge in [-0.2, -0.15) is 0 Å². The first-order chi connectivity index (χ1) is 11.3. The van der Waals surface area contributed by atoms with Gasteiger partial charge < -0.3 is 9.47 Å². The zero-order valence-electron chi connectivity index (χ0n) is 16.8. The first kappa shape index (κ1) is 22.5. The van der Waals surface area contributed by atoms with Crippen molar-refractivity contribution >= 4 is 5.97 Å². The molecule has 1 unspecified atom stereocenters. The van der Waals surface area contributed by atoms with Crippen molar-refractivity contribution in [2.75, 3.05) is 13.2 Å². The summed E-state index contributed by atoms with van der Waals surface area (Å²) in [7, 11) is 0. The fourth-order valence-electron chi connectivity index (χ4n) is 2.33. The lowest BCUT2D eigenvalue weighted by Gasteiger charge is -2.20. The summed E-state index contributed by atoms with van der Waals surface area (Å²) in [6.07, 6.45) is 0.783. The largest absolute Gasteiger partial charge is 0.493 e. The lowest BCUT2D eigenvalue weighted by Crippen LogP contribution is -2.18. The van der Waals surface area contributed by atoms with Crippen molar-refractivity contribution < 1.29 is 14.3 Å². The van der Waals surface area contributed by atoms with Gasteiger partial charge in [0.05, 0.1) is 19.1 Å². The SMILES string of the molecule is CC.CCOC(=O)C(CC(C)C)c1ccc(C)c(OCC(C)C)c1. The first-order valence-corrected chi connectivity index (χ1v) is 9.25. The van der Waals surface area contributed by atoms with Crippen LogP contribution in [0.1, 0.15) is 71.9 Å². The van der Waals surface area contributed by atoms with E-state index in [2.05, 4.69) is 27.7 Å². The number of rotatable bonds is 8. The van der Waals surface area contributed by atoms with Gasteiger partial charge in [-0.25, -0.2) is 0 Å². The molecule has 0 N–H and O–H groups in total. The maximum absolute atomic E-state index is 12.3. The molecule has 0 heterocycles. The minimum atomic E-state index is -0.220. The lowest BCUT2D eigenvalue weighted by atomic mass is 9.89. The van der Waals surface area contributed by atoms with E-state index >= 15 is 0 Å². The second-order valence-electron chi connectivity index (χ2n) is 6.66. The van der Waals surface area contributed by atoms with E-state index < -0.39 is 0 Å². The van der Waals surface area contributed by atoms with Crippen molar-refractivity contribution in [2.45, 2.75) is 67.7 Å². The van der Waals surface area contributed by atoms with Crippen LogP contribution in [0.3, 0.4) is 0 Å². The van der Waals surface area contributed by atoms with Crippen molar-refractivity contribution in [1.29, 1.82) is 0 Å². The van der Waals surface area contributed by atoms with Crippen LogP contribution in [0.2, 0.25) is 0 Å². The summed E-state index contributed by atoms with van der Waals surface area (Å²) in [5.74, 6) is 1.40. The molecule has 0 aliphatic carbocycles. The highest BCUT2D eigenvalue weighted by molar-refractivity contribution is 5.78. The van der Waals surface area contributed by atoms with E-state index in [9.17, 15) is 4.79 Å². The number of carbonyl (C=O) groups is 1. The van der Waals surface area contributed by atoms with Crippen LogP contribution in [-0.4, -0.2) is 19.2 Å². The number of hydrogen-bond donors (Lipinski definition) is 0. The van der Waals surface area contributed by atoms with E-state index in [1.165, 1.54) is 0 Å². The van der Waals surface area contributed by atoms with Gasteiger partial charge in [-0.15, -0.1) is 0 Å². The Morgan fingerprint density at radius 1 is 1.08 bits per heavy atom. The first-order valence-electron chi connectivity index (χ1n) is 9.25. The molecule has 0 aliphatic heterocycles. The Morgan fingerprint density at radius 3 is 2.21 bits per heavy atom. The topological polar surface area (TPSA) is 35.5 Å². The van der Waals surface area contributed by atoms with E-state index in [1.54, 1.807) is 0 Å². The molecule has 1 aromatic rings. The molecule has 3 heteroatoms. The summed E-state index contributed by atoms with van der Waals surface area (Å²) in [4.78, 5) is 12.3. The van der Waals surface area contributed by atoms with Crippen LogP contribution in [-0.2, 0) is 9.53 Å². The third-order valence-electron chi connectivity index (χ3n) is 3.46. The Labute approximate surface area is 148 Å². The molecule has 0 saturated heterocycles. The Balaban J connectivity index is 0.00000254. The summed E-state index contributed by atoms with van der Waals surface area (Å²) in [5, 5.41) is 0. The van der Waals surface area contributed by atoms with Crippen molar-refractivity contribution in [2.24, 2.45) is 11.8 Å². The van der Waals surface area contributed by atoms with E-state index in [4.69, 9.17) is 9.47 Å². The fraction of sp³-hybridized carbons (Fsp3) is 0.667. The summed E-state index contributed by atoms with van der Waals surface area (Å²) in [6.45, 7) is 17.5. The molecule has 1 rings (SSSR count). The summed E-state index contributed by atoms with van der Waals surface area (Å²) < 4.78 is 11.1. The molecule has 0 aliphatic rings. The number of aryl methyl sites for hydroxylation is 1. The molecule has 0 bridgehead atoms. The van der Waals surface area contributed by atoms with Crippen molar-refractivity contribution in [1.82, 2.24) is 0 Å². The van der Waals surface area contributed by atoms with Crippen LogP contribution in [0.5, 0.6) is 5.75 Å². The van der Waals surface area contributed by atoms with Crippen LogP contribution in [0.4, 0.5) is 0 Å². The Morgan fingerprint density at radius 2 is 1.71 bits per heavy atom. The minimum Gasteiger partial charge on any atom is -0.493 e. The zero-order chi connectivity index (χ0) is 18.7. The molecule has 1 atom stereocenters. The smallest absolute Gasteiger partial charge is 0.313 e. The molecule has 0 fully saturated rings. The number of ether oxygens (including phenoxy) is 2. The molecule has 1 aromatic carbocycles. The van der Waals surface area contributed by atoms with Crippen LogP contribution < -0.4 is 4.74 Å². The number of hydrogen-bond acceptors (Lipinski definition) is 3. The molecule has 0 radical (unpaired) electrons. The summed E-state index contributed by atoms with van der Waals surface area (Å²) in [6, 6.07) is 6.04.